The van der Waals surface area contributed by atoms with Crippen molar-refractivity contribution in [2.75, 3.05) is 0 Å². The summed E-state index contributed by atoms with van der Waals surface area (Å²) in [5, 5.41) is 2.20. The van der Waals surface area contributed by atoms with Gasteiger partial charge in [0.25, 0.3) is 0 Å². The number of benzene rings is 2. The first-order valence-electron chi connectivity index (χ1n) is 5.73. The maximum absolute atomic E-state index is 12.7. The van der Waals surface area contributed by atoms with Gasteiger partial charge in [0.2, 0.25) is 0 Å². The molecule has 84 valence electrons. The molecule has 2 rings (SSSR count). The molecule has 0 aliphatic carbocycles. The van der Waals surface area contributed by atoms with E-state index >= 15 is 0 Å². The van der Waals surface area contributed by atoms with Gasteiger partial charge >= 0.3 is 107 Å². The topological polar surface area (TPSA) is 0 Å². The van der Waals surface area contributed by atoms with E-state index in [9.17, 15) is 8.78 Å². The standard InChI is InChI=1S/2C7H6F.Zn/c2*1-6-2-4-7(8)5-3-6;/h2*2-5H,1H2;. The third kappa shape index (κ3) is 4.01. The monoisotopic (exact) mass is 282 g/mol. The molecule has 3 heteroatoms. The van der Waals surface area contributed by atoms with E-state index in [4.69, 9.17) is 0 Å². The average molecular weight is 284 g/mol. The van der Waals surface area contributed by atoms with Crippen LogP contribution in [0.5, 0.6) is 0 Å². The van der Waals surface area contributed by atoms with Gasteiger partial charge in [0.1, 0.15) is 0 Å². The Morgan fingerprint density at radius 1 is 0.647 bits per heavy atom. The molecule has 2 aromatic carbocycles. The molecule has 0 saturated carbocycles. The van der Waals surface area contributed by atoms with E-state index < -0.39 is 17.1 Å². The zero-order chi connectivity index (χ0) is 12.1. The maximum atomic E-state index is 12.7. The fraction of sp³-hybridized carbons (Fsp3) is 0.143. The Morgan fingerprint density at radius 3 is 1.35 bits per heavy atom. The third-order valence-corrected chi connectivity index (χ3v) is 6.66. The van der Waals surface area contributed by atoms with Crippen LogP contribution in [0.4, 0.5) is 8.78 Å². The molecule has 0 aliphatic rings. The van der Waals surface area contributed by atoms with Crippen LogP contribution in [0.25, 0.3) is 0 Å². The molecule has 0 saturated heterocycles. The summed E-state index contributed by atoms with van der Waals surface area (Å²) in [6.07, 6.45) is 0. The second-order valence-corrected chi connectivity index (χ2v) is 7.69. The van der Waals surface area contributed by atoms with E-state index in [1.165, 1.54) is 35.4 Å². The average Bonchev–Trinajstić information content (AvgIpc) is 2.34. The van der Waals surface area contributed by atoms with Crippen LogP contribution in [0.3, 0.4) is 0 Å². The SMILES string of the molecule is Fc1ccc([CH2][Zn][CH2]c2ccc(F)cc2)cc1. The Balaban J connectivity index is 1.83. The Morgan fingerprint density at radius 2 is 1.00 bits per heavy atom. The van der Waals surface area contributed by atoms with Crippen LogP contribution in [-0.2, 0) is 27.2 Å². The predicted molar refractivity (Wildman–Crippen MR) is 60.2 cm³/mol. The van der Waals surface area contributed by atoms with Crippen molar-refractivity contribution in [3.63, 3.8) is 0 Å². The molecule has 0 atom stereocenters. The summed E-state index contributed by atoms with van der Waals surface area (Å²) in [7, 11) is 0. The molecular formula is C14H12F2Zn. The van der Waals surface area contributed by atoms with Crippen LogP contribution in [-0.4, -0.2) is 0 Å². The molecule has 0 bridgehead atoms. The molecule has 0 aromatic heterocycles. The van der Waals surface area contributed by atoms with Gasteiger partial charge < -0.3 is 0 Å². The summed E-state index contributed by atoms with van der Waals surface area (Å²) < 4.78 is 25.4. The normalized spacial score (nSPS) is 10.0. The molecule has 0 radical (unpaired) electrons. The fourth-order valence-electron chi connectivity index (χ4n) is 1.80. The molecule has 2 aromatic rings. The first-order valence-corrected chi connectivity index (χ1v) is 9.92. The van der Waals surface area contributed by atoms with E-state index in [1.54, 1.807) is 0 Å². The Labute approximate surface area is 107 Å². The van der Waals surface area contributed by atoms with E-state index in [2.05, 4.69) is 0 Å². The van der Waals surface area contributed by atoms with Crippen LogP contribution < -0.4 is 0 Å². The minimum absolute atomic E-state index is 0.181. The van der Waals surface area contributed by atoms with Crippen LogP contribution >= 0.6 is 0 Å². The van der Waals surface area contributed by atoms with Crippen LogP contribution in [0.15, 0.2) is 48.5 Å². The molecule has 0 fully saturated rings. The Hall–Kier alpha value is -1.08. The van der Waals surface area contributed by atoms with Crippen LogP contribution in [0, 0.1) is 11.6 Å². The summed E-state index contributed by atoms with van der Waals surface area (Å²) in [4.78, 5) is 0. The van der Waals surface area contributed by atoms with Gasteiger partial charge in [-0.2, -0.15) is 0 Å². The van der Waals surface area contributed by atoms with Gasteiger partial charge in [0.15, 0.2) is 0 Å². The molecule has 0 spiro atoms. The van der Waals surface area contributed by atoms with Crippen molar-refractivity contribution in [3.05, 3.63) is 71.3 Å². The second kappa shape index (κ2) is 6.02. The zero-order valence-electron chi connectivity index (χ0n) is 9.50. The first-order chi connectivity index (χ1) is 8.24. The second-order valence-electron chi connectivity index (χ2n) is 4.11. The molecule has 17 heavy (non-hydrogen) atoms. The van der Waals surface area contributed by atoms with Gasteiger partial charge in [0, 0.05) is 0 Å². The van der Waals surface area contributed by atoms with Crippen molar-refractivity contribution in [1.29, 1.82) is 0 Å². The van der Waals surface area contributed by atoms with Crippen LogP contribution in [0.1, 0.15) is 11.1 Å². The quantitative estimate of drug-likeness (QED) is 0.750. The van der Waals surface area contributed by atoms with Gasteiger partial charge in [-0.1, -0.05) is 0 Å². The van der Waals surface area contributed by atoms with Crippen molar-refractivity contribution < 1.29 is 25.9 Å². The molecule has 0 N–H and O–H groups in total. The Kier molecular flexibility index (Phi) is 4.38. The number of hydrogen-bond donors (Lipinski definition) is 0. The van der Waals surface area contributed by atoms with Gasteiger partial charge in [-0.25, -0.2) is 0 Å². The van der Waals surface area contributed by atoms with Crippen molar-refractivity contribution >= 4 is 0 Å². The van der Waals surface area contributed by atoms with E-state index in [1.807, 2.05) is 24.3 Å². The molecule has 0 amide bonds. The van der Waals surface area contributed by atoms with E-state index in [0.29, 0.717) is 0 Å². The first kappa shape index (κ1) is 12.4. The number of rotatable bonds is 4. The summed E-state index contributed by atoms with van der Waals surface area (Å²) in [5.41, 5.74) is 2.43. The predicted octanol–water partition coefficient (Wildman–Crippen LogP) is 3.75. The van der Waals surface area contributed by atoms with Crippen molar-refractivity contribution in [3.8, 4) is 0 Å². The summed E-state index contributed by atoms with van der Waals surface area (Å²) >= 11 is -0.688. The molecule has 0 unspecified atom stereocenters. The number of hydrogen-bond acceptors (Lipinski definition) is 0. The molecule has 0 aliphatic heterocycles. The van der Waals surface area contributed by atoms with Gasteiger partial charge in [-0.05, 0) is 0 Å². The minimum atomic E-state index is -0.688. The zero-order valence-corrected chi connectivity index (χ0v) is 12.5. The van der Waals surface area contributed by atoms with E-state index in [0.717, 1.165) is 10.0 Å². The molecular weight excluding hydrogens is 272 g/mol. The van der Waals surface area contributed by atoms with Gasteiger partial charge in [-0.15, -0.1) is 0 Å². The summed E-state index contributed by atoms with van der Waals surface area (Å²) in [6.45, 7) is 0. The van der Waals surface area contributed by atoms with Crippen LogP contribution in [0.2, 0.25) is 0 Å². The molecule has 0 heterocycles. The van der Waals surface area contributed by atoms with Crippen molar-refractivity contribution in [2.45, 2.75) is 10.0 Å². The van der Waals surface area contributed by atoms with E-state index in [-0.39, 0.29) is 11.6 Å². The molecule has 0 nitrogen and oxygen atoms in total. The summed E-state index contributed by atoms with van der Waals surface area (Å²) in [6, 6.07) is 13.4. The van der Waals surface area contributed by atoms with Gasteiger partial charge in [0.05, 0.1) is 0 Å². The summed E-state index contributed by atoms with van der Waals surface area (Å²) in [5.74, 6) is -0.362. The third-order valence-electron chi connectivity index (χ3n) is 2.76. The fourth-order valence-corrected chi connectivity index (χ4v) is 5.28. The Bertz CT molecular complexity index is 417. The number of halogens is 2. The van der Waals surface area contributed by atoms with Gasteiger partial charge in [-0.3, -0.25) is 0 Å². The van der Waals surface area contributed by atoms with Crippen molar-refractivity contribution in [1.82, 2.24) is 0 Å². The van der Waals surface area contributed by atoms with Crippen molar-refractivity contribution in [2.24, 2.45) is 0 Å².